The molecule has 0 aliphatic carbocycles. The van der Waals surface area contributed by atoms with Gasteiger partial charge in [-0.2, -0.15) is 4.98 Å². The second-order valence-electron chi connectivity index (χ2n) is 4.03. The summed E-state index contributed by atoms with van der Waals surface area (Å²) in [5.41, 5.74) is 5.82. The minimum absolute atomic E-state index is 0.139. The van der Waals surface area contributed by atoms with E-state index >= 15 is 0 Å². The molecule has 98 valence electrons. The first-order valence-electron chi connectivity index (χ1n) is 5.44. The number of ether oxygens (including phenoxy) is 1. The normalized spacial score (nSPS) is 13.6. The van der Waals surface area contributed by atoms with Gasteiger partial charge in [0.05, 0.1) is 12.6 Å². The van der Waals surface area contributed by atoms with E-state index in [0.29, 0.717) is 18.1 Å². The Labute approximate surface area is 98.3 Å². The third-order valence-corrected chi connectivity index (χ3v) is 2.20. The molecule has 0 saturated heterocycles. The van der Waals surface area contributed by atoms with E-state index in [-0.39, 0.29) is 18.6 Å². The Hall–Kier alpha value is -1.08. The van der Waals surface area contributed by atoms with Crippen molar-refractivity contribution in [2.24, 2.45) is 11.7 Å². The molecule has 1 atom stereocenters. The van der Waals surface area contributed by atoms with Crippen LogP contribution >= 0.6 is 0 Å². The van der Waals surface area contributed by atoms with Gasteiger partial charge in [-0.1, -0.05) is 19.0 Å². The Balaban J connectivity index is 2.36. The molecule has 1 aromatic rings. The summed E-state index contributed by atoms with van der Waals surface area (Å²) in [5.74, 6) is 0.979. The lowest BCUT2D eigenvalue weighted by Gasteiger charge is -2.09. The van der Waals surface area contributed by atoms with Crippen LogP contribution in [-0.4, -0.2) is 29.8 Å². The van der Waals surface area contributed by atoms with Gasteiger partial charge in [-0.25, -0.2) is 8.78 Å². The highest BCUT2D eigenvalue weighted by molar-refractivity contribution is 4.93. The van der Waals surface area contributed by atoms with Crippen LogP contribution in [0.25, 0.3) is 0 Å². The van der Waals surface area contributed by atoms with E-state index in [1.54, 1.807) is 0 Å². The molecular formula is C10H17F2N3O2. The zero-order valence-electron chi connectivity index (χ0n) is 9.90. The van der Waals surface area contributed by atoms with Crippen LogP contribution in [0.15, 0.2) is 4.52 Å². The van der Waals surface area contributed by atoms with E-state index in [9.17, 15) is 8.78 Å². The molecule has 2 N–H and O–H groups in total. The SMILES string of the molecule is CC(C)[C@@H](N)c1nc(CCOCC(F)F)no1. The molecule has 1 rings (SSSR count). The fourth-order valence-electron chi connectivity index (χ4n) is 1.13. The first-order valence-corrected chi connectivity index (χ1v) is 5.44. The summed E-state index contributed by atoms with van der Waals surface area (Å²) >= 11 is 0. The van der Waals surface area contributed by atoms with Gasteiger partial charge in [0, 0.05) is 6.42 Å². The van der Waals surface area contributed by atoms with E-state index in [2.05, 4.69) is 10.1 Å². The molecule has 0 saturated carbocycles. The molecule has 5 nitrogen and oxygen atoms in total. The standard InChI is InChI=1S/C10H17F2N3O2/c1-6(2)9(13)10-14-8(15-17-10)3-4-16-5-7(11)12/h6-7,9H,3-5,13H2,1-2H3/t9-/m1/s1. The Morgan fingerprint density at radius 1 is 1.41 bits per heavy atom. The summed E-state index contributed by atoms with van der Waals surface area (Å²) in [6.07, 6.45) is -2.12. The first kappa shape index (κ1) is 14.0. The molecule has 0 aromatic carbocycles. The molecule has 1 aromatic heterocycles. The van der Waals surface area contributed by atoms with Gasteiger partial charge in [0.2, 0.25) is 5.89 Å². The zero-order chi connectivity index (χ0) is 12.8. The summed E-state index contributed by atoms with van der Waals surface area (Å²) in [5, 5.41) is 3.70. The smallest absolute Gasteiger partial charge is 0.261 e. The van der Waals surface area contributed by atoms with E-state index in [4.69, 9.17) is 15.0 Å². The predicted octanol–water partition coefficient (Wildman–Crippen LogP) is 1.55. The number of halogens is 2. The minimum Gasteiger partial charge on any atom is -0.375 e. The fourth-order valence-corrected chi connectivity index (χ4v) is 1.13. The van der Waals surface area contributed by atoms with Crippen LogP contribution in [0.4, 0.5) is 8.78 Å². The van der Waals surface area contributed by atoms with Crippen molar-refractivity contribution in [3.63, 3.8) is 0 Å². The minimum atomic E-state index is -2.45. The van der Waals surface area contributed by atoms with Gasteiger partial charge in [-0.3, -0.25) is 0 Å². The zero-order valence-corrected chi connectivity index (χ0v) is 9.90. The van der Waals surface area contributed by atoms with Gasteiger partial charge in [0.1, 0.15) is 6.61 Å². The highest BCUT2D eigenvalue weighted by Gasteiger charge is 2.17. The molecule has 1 heterocycles. The van der Waals surface area contributed by atoms with Gasteiger partial charge < -0.3 is 15.0 Å². The van der Waals surface area contributed by atoms with Crippen molar-refractivity contribution in [1.82, 2.24) is 10.1 Å². The Bertz CT molecular complexity index is 331. The van der Waals surface area contributed by atoms with E-state index in [1.807, 2.05) is 13.8 Å². The second-order valence-corrected chi connectivity index (χ2v) is 4.03. The first-order chi connectivity index (χ1) is 8.00. The molecule has 0 aliphatic heterocycles. The highest BCUT2D eigenvalue weighted by atomic mass is 19.3. The number of aromatic nitrogens is 2. The van der Waals surface area contributed by atoms with Crippen LogP contribution in [0.3, 0.4) is 0 Å². The summed E-state index contributed by atoms with van der Waals surface area (Å²) in [6.45, 7) is 3.46. The number of nitrogens with two attached hydrogens (primary N) is 1. The van der Waals surface area contributed by atoms with Gasteiger partial charge in [-0.15, -0.1) is 0 Å². The lowest BCUT2D eigenvalue weighted by Crippen LogP contribution is -2.17. The summed E-state index contributed by atoms with van der Waals surface area (Å²) < 4.78 is 33.2. The quantitative estimate of drug-likeness (QED) is 0.742. The van der Waals surface area contributed by atoms with Gasteiger partial charge in [0.25, 0.3) is 6.43 Å². The summed E-state index contributed by atoms with van der Waals surface area (Å²) in [4.78, 5) is 4.08. The van der Waals surface area contributed by atoms with Crippen LogP contribution in [0, 0.1) is 5.92 Å². The van der Waals surface area contributed by atoms with Crippen molar-refractivity contribution in [2.75, 3.05) is 13.2 Å². The van der Waals surface area contributed by atoms with Gasteiger partial charge in [-0.05, 0) is 5.92 Å². The number of hydrogen-bond acceptors (Lipinski definition) is 5. The van der Waals surface area contributed by atoms with Gasteiger partial charge in [0.15, 0.2) is 5.82 Å². The van der Waals surface area contributed by atoms with Crippen molar-refractivity contribution in [3.05, 3.63) is 11.7 Å². The lowest BCUT2D eigenvalue weighted by atomic mass is 10.1. The second kappa shape index (κ2) is 6.61. The number of hydrogen-bond donors (Lipinski definition) is 1. The van der Waals surface area contributed by atoms with Crippen molar-refractivity contribution in [1.29, 1.82) is 0 Å². The molecule has 0 spiro atoms. The van der Waals surface area contributed by atoms with Crippen molar-refractivity contribution < 1.29 is 18.0 Å². The molecule has 7 heteroatoms. The monoisotopic (exact) mass is 249 g/mol. The maximum atomic E-state index is 11.8. The van der Waals surface area contributed by atoms with Gasteiger partial charge >= 0.3 is 0 Å². The number of alkyl halides is 2. The maximum absolute atomic E-state index is 11.8. The highest BCUT2D eigenvalue weighted by Crippen LogP contribution is 2.16. The van der Waals surface area contributed by atoms with E-state index < -0.39 is 13.0 Å². The molecule has 0 aliphatic rings. The molecule has 0 fully saturated rings. The Kier molecular flexibility index (Phi) is 5.43. The third kappa shape index (κ3) is 4.74. The lowest BCUT2D eigenvalue weighted by molar-refractivity contribution is 0.0182. The average Bonchev–Trinajstić information content (AvgIpc) is 2.71. The van der Waals surface area contributed by atoms with Crippen LogP contribution in [0.5, 0.6) is 0 Å². The molecule has 0 amide bonds. The fraction of sp³-hybridized carbons (Fsp3) is 0.800. The third-order valence-electron chi connectivity index (χ3n) is 2.20. The molecule has 0 unspecified atom stereocenters. The number of nitrogens with zero attached hydrogens (tertiary/aromatic N) is 2. The predicted molar refractivity (Wildman–Crippen MR) is 56.6 cm³/mol. The van der Waals surface area contributed by atoms with Crippen LogP contribution in [0.2, 0.25) is 0 Å². The molecule has 0 bridgehead atoms. The summed E-state index contributed by atoms with van der Waals surface area (Å²) in [7, 11) is 0. The van der Waals surface area contributed by atoms with Crippen molar-refractivity contribution in [2.45, 2.75) is 32.7 Å². The Morgan fingerprint density at radius 2 is 2.12 bits per heavy atom. The topological polar surface area (TPSA) is 74.2 Å². The molecule has 17 heavy (non-hydrogen) atoms. The van der Waals surface area contributed by atoms with Crippen LogP contribution in [-0.2, 0) is 11.2 Å². The molecular weight excluding hydrogens is 232 g/mol. The van der Waals surface area contributed by atoms with E-state index in [0.717, 1.165) is 0 Å². The van der Waals surface area contributed by atoms with Crippen molar-refractivity contribution >= 4 is 0 Å². The maximum Gasteiger partial charge on any atom is 0.261 e. The van der Waals surface area contributed by atoms with E-state index in [1.165, 1.54) is 0 Å². The molecule has 0 radical (unpaired) electrons. The average molecular weight is 249 g/mol. The summed E-state index contributed by atoms with van der Waals surface area (Å²) in [6, 6.07) is -0.307. The largest absolute Gasteiger partial charge is 0.375 e. The number of rotatable bonds is 7. The van der Waals surface area contributed by atoms with Crippen LogP contribution in [0.1, 0.15) is 31.6 Å². The van der Waals surface area contributed by atoms with Crippen molar-refractivity contribution in [3.8, 4) is 0 Å². The van der Waals surface area contributed by atoms with Crippen LogP contribution < -0.4 is 5.73 Å². The Morgan fingerprint density at radius 3 is 2.71 bits per heavy atom.